The zero-order valence-corrected chi connectivity index (χ0v) is 22.1. The van der Waals surface area contributed by atoms with Gasteiger partial charge in [-0.05, 0) is 92.3 Å². The van der Waals surface area contributed by atoms with Crippen LogP contribution < -0.4 is 5.43 Å². The van der Waals surface area contributed by atoms with Gasteiger partial charge in [-0.15, -0.1) is 0 Å². The average Bonchev–Trinajstić information content (AvgIpc) is 3.18. The highest BCUT2D eigenvalue weighted by molar-refractivity contribution is 5.95. The Morgan fingerprint density at radius 1 is 0.919 bits per heavy atom. The summed E-state index contributed by atoms with van der Waals surface area (Å²) < 4.78 is 2.22. The highest BCUT2D eigenvalue weighted by Crippen LogP contribution is 2.22. The highest BCUT2D eigenvalue weighted by atomic mass is 16.2. The molecular weight excluding hydrogens is 456 g/mol. The second-order valence-corrected chi connectivity index (χ2v) is 10.1. The lowest BCUT2D eigenvalue weighted by molar-refractivity contribution is 0.0955. The van der Waals surface area contributed by atoms with Crippen molar-refractivity contribution in [2.24, 2.45) is 5.10 Å². The van der Waals surface area contributed by atoms with Gasteiger partial charge in [-0.2, -0.15) is 5.10 Å². The first kappa shape index (κ1) is 24.7. The number of fused-ring (bicyclic) bond motifs is 1. The predicted molar refractivity (Wildman–Crippen MR) is 150 cm³/mol. The van der Waals surface area contributed by atoms with Crippen molar-refractivity contribution in [3.05, 3.63) is 123 Å². The molecule has 3 aromatic carbocycles. The highest BCUT2D eigenvalue weighted by Gasteiger charge is 2.16. The Morgan fingerprint density at radius 2 is 1.68 bits per heavy atom. The molecule has 1 aliphatic heterocycles. The zero-order chi connectivity index (χ0) is 25.9. The van der Waals surface area contributed by atoms with Crippen LogP contribution in [0, 0.1) is 27.7 Å². The maximum Gasteiger partial charge on any atom is 0.271 e. The molecule has 1 aromatic heterocycles. The van der Waals surface area contributed by atoms with E-state index in [1.54, 1.807) is 6.21 Å². The van der Waals surface area contributed by atoms with Gasteiger partial charge in [0.15, 0.2) is 0 Å². The maximum atomic E-state index is 12.7. The van der Waals surface area contributed by atoms with E-state index in [1.807, 2.05) is 24.3 Å². The molecule has 188 valence electrons. The van der Waals surface area contributed by atoms with E-state index < -0.39 is 0 Å². The van der Waals surface area contributed by atoms with Crippen LogP contribution in [0.4, 0.5) is 0 Å². The maximum absolute atomic E-state index is 12.7. The molecule has 0 saturated heterocycles. The molecule has 0 radical (unpaired) electrons. The fraction of sp³-hybridized carbons (Fsp3) is 0.250. The van der Waals surface area contributed by atoms with E-state index >= 15 is 0 Å². The number of nitrogens with one attached hydrogen (secondary N) is 1. The summed E-state index contributed by atoms with van der Waals surface area (Å²) in [6.07, 6.45) is 2.81. The Balaban J connectivity index is 1.20. The second kappa shape index (κ2) is 10.6. The van der Waals surface area contributed by atoms with Gasteiger partial charge in [0, 0.05) is 47.8 Å². The number of hydrazone groups is 1. The fourth-order valence-electron chi connectivity index (χ4n) is 5.11. The number of aromatic nitrogens is 1. The summed E-state index contributed by atoms with van der Waals surface area (Å²) in [7, 11) is 0. The van der Waals surface area contributed by atoms with Crippen molar-refractivity contribution in [2.75, 3.05) is 6.54 Å². The molecule has 1 amide bonds. The van der Waals surface area contributed by atoms with Gasteiger partial charge in [-0.25, -0.2) is 5.43 Å². The number of amides is 1. The first-order valence-corrected chi connectivity index (χ1v) is 12.9. The van der Waals surface area contributed by atoms with Crippen molar-refractivity contribution in [3.8, 4) is 5.69 Å². The second-order valence-electron chi connectivity index (χ2n) is 10.1. The Kier molecular flexibility index (Phi) is 7.06. The number of hydrogen-bond acceptors (Lipinski definition) is 3. The van der Waals surface area contributed by atoms with Crippen molar-refractivity contribution in [1.29, 1.82) is 0 Å². The molecular formula is C32H34N4O. The van der Waals surface area contributed by atoms with Crippen LogP contribution in [0.15, 0.2) is 77.9 Å². The quantitative estimate of drug-likeness (QED) is 0.265. The molecule has 2 heterocycles. The third-order valence-electron chi connectivity index (χ3n) is 7.42. The lowest BCUT2D eigenvalue weighted by Gasteiger charge is -2.28. The standard InChI is InChI=1S/C32H34N4O/c1-22-9-14-31(17-23(22)2)36-24(3)18-30(25(36)4)19-33-34-32(37)28-12-10-26(11-13-28)20-35-16-15-27-7-5-6-8-29(27)21-35/h5-14,17-19H,15-16,20-21H2,1-4H3,(H,34,37)/b33-19-. The lowest BCUT2D eigenvalue weighted by atomic mass is 9.99. The van der Waals surface area contributed by atoms with Crippen LogP contribution in [0.1, 0.15) is 55.1 Å². The van der Waals surface area contributed by atoms with Gasteiger partial charge in [0.1, 0.15) is 0 Å². The summed E-state index contributed by atoms with van der Waals surface area (Å²) in [5, 5.41) is 4.25. The van der Waals surface area contributed by atoms with Crippen LogP contribution in [-0.4, -0.2) is 28.1 Å². The largest absolute Gasteiger partial charge is 0.318 e. The number of carbonyl (C=O) groups is 1. The molecule has 37 heavy (non-hydrogen) atoms. The Bertz CT molecular complexity index is 1460. The summed E-state index contributed by atoms with van der Waals surface area (Å²) in [5.41, 5.74) is 14.2. The smallest absolute Gasteiger partial charge is 0.271 e. The lowest BCUT2D eigenvalue weighted by Crippen LogP contribution is -2.30. The van der Waals surface area contributed by atoms with Gasteiger partial charge in [-0.1, -0.05) is 42.5 Å². The number of benzene rings is 3. The van der Waals surface area contributed by atoms with Gasteiger partial charge in [0.25, 0.3) is 5.91 Å². The third kappa shape index (κ3) is 5.42. The number of hydrogen-bond donors (Lipinski definition) is 1. The average molecular weight is 491 g/mol. The summed E-state index contributed by atoms with van der Waals surface area (Å²) in [6, 6.07) is 25.1. The van der Waals surface area contributed by atoms with Gasteiger partial charge >= 0.3 is 0 Å². The van der Waals surface area contributed by atoms with Crippen molar-refractivity contribution >= 4 is 12.1 Å². The molecule has 0 fully saturated rings. The van der Waals surface area contributed by atoms with Crippen molar-refractivity contribution in [2.45, 2.75) is 47.2 Å². The monoisotopic (exact) mass is 490 g/mol. The Morgan fingerprint density at radius 3 is 2.43 bits per heavy atom. The molecule has 0 bridgehead atoms. The Labute approximate surface area is 219 Å². The number of carbonyl (C=O) groups excluding carboxylic acids is 1. The van der Waals surface area contributed by atoms with Gasteiger partial charge < -0.3 is 4.57 Å². The topological polar surface area (TPSA) is 49.6 Å². The number of nitrogens with zero attached hydrogens (tertiary/aromatic N) is 3. The van der Waals surface area contributed by atoms with Crippen LogP contribution >= 0.6 is 0 Å². The van der Waals surface area contributed by atoms with E-state index in [2.05, 4.69) is 96.2 Å². The molecule has 0 aliphatic carbocycles. The molecule has 4 aromatic rings. The van der Waals surface area contributed by atoms with Gasteiger partial charge in [0.05, 0.1) is 6.21 Å². The van der Waals surface area contributed by atoms with Crippen LogP contribution in [0.25, 0.3) is 5.69 Å². The van der Waals surface area contributed by atoms with Crippen molar-refractivity contribution in [1.82, 2.24) is 14.9 Å². The van der Waals surface area contributed by atoms with Crippen LogP contribution in [0.5, 0.6) is 0 Å². The fourth-order valence-corrected chi connectivity index (χ4v) is 5.11. The molecule has 0 spiro atoms. The minimum absolute atomic E-state index is 0.210. The van der Waals surface area contributed by atoms with E-state index in [-0.39, 0.29) is 5.91 Å². The van der Waals surface area contributed by atoms with E-state index in [1.165, 1.54) is 27.8 Å². The molecule has 5 rings (SSSR count). The van der Waals surface area contributed by atoms with E-state index in [9.17, 15) is 4.79 Å². The molecule has 0 saturated carbocycles. The van der Waals surface area contributed by atoms with Crippen LogP contribution in [-0.2, 0) is 19.5 Å². The normalized spacial score (nSPS) is 13.6. The van der Waals surface area contributed by atoms with E-state index in [4.69, 9.17) is 0 Å². The molecule has 0 atom stereocenters. The van der Waals surface area contributed by atoms with Crippen LogP contribution in [0.2, 0.25) is 0 Å². The third-order valence-corrected chi connectivity index (χ3v) is 7.42. The summed E-state index contributed by atoms with van der Waals surface area (Å²) in [6.45, 7) is 11.3. The molecule has 0 unspecified atom stereocenters. The number of rotatable bonds is 6. The predicted octanol–water partition coefficient (Wildman–Crippen LogP) is 6.03. The van der Waals surface area contributed by atoms with Crippen molar-refractivity contribution < 1.29 is 4.79 Å². The van der Waals surface area contributed by atoms with Gasteiger partial charge in [-0.3, -0.25) is 9.69 Å². The minimum Gasteiger partial charge on any atom is -0.318 e. The zero-order valence-electron chi connectivity index (χ0n) is 22.1. The number of aryl methyl sites for hydroxylation is 3. The van der Waals surface area contributed by atoms with E-state index in [0.717, 1.165) is 48.7 Å². The Hall–Kier alpha value is -3.96. The summed E-state index contributed by atoms with van der Waals surface area (Å²) in [4.78, 5) is 15.1. The van der Waals surface area contributed by atoms with Gasteiger partial charge in [0.2, 0.25) is 0 Å². The summed E-state index contributed by atoms with van der Waals surface area (Å²) in [5.74, 6) is -0.210. The minimum atomic E-state index is -0.210. The van der Waals surface area contributed by atoms with Crippen molar-refractivity contribution in [3.63, 3.8) is 0 Å². The van der Waals surface area contributed by atoms with E-state index in [0.29, 0.717) is 5.56 Å². The first-order valence-electron chi connectivity index (χ1n) is 12.9. The van der Waals surface area contributed by atoms with Crippen LogP contribution in [0.3, 0.4) is 0 Å². The summed E-state index contributed by atoms with van der Waals surface area (Å²) >= 11 is 0. The molecule has 5 nitrogen and oxygen atoms in total. The molecule has 1 aliphatic rings. The first-order chi connectivity index (χ1) is 17.9. The molecule has 1 N–H and O–H groups in total. The molecule has 5 heteroatoms. The SMILES string of the molecule is Cc1ccc(-n2c(C)cc(/C=N\NC(=O)c3ccc(CN4CCc5ccccc5C4)cc3)c2C)cc1C.